The number of thioether (sulfide) groups is 1. The number of nitrogens with one attached hydrogen (secondary N) is 1. The summed E-state index contributed by atoms with van der Waals surface area (Å²) in [5.41, 5.74) is 1.28. The number of carboxylic acids is 1. The molecule has 2 aromatic carbocycles. The number of nitrogens with zero attached hydrogens (tertiary/aromatic N) is 2. The van der Waals surface area contributed by atoms with Gasteiger partial charge in [-0.1, -0.05) is 17.7 Å². The lowest BCUT2D eigenvalue weighted by Crippen LogP contribution is -1.97. The molecule has 3 aromatic rings. The van der Waals surface area contributed by atoms with Crippen LogP contribution in [0.25, 0.3) is 17.5 Å². The van der Waals surface area contributed by atoms with Crippen LogP contribution in [0.3, 0.4) is 0 Å². The Labute approximate surface area is 174 Å². The number of methoxy groups -OCH3 is 1. The Morgan fingerprint density at radius 2 is 2.10 bits per heavy atom. The zero-order valence-corrected chi connectivity index (χ0v) is 16.6. The van der Waals surface area contributed by atoms with Gasteiger partial charge < -0.3 is 19.3 Å². The largest absolute Gasteiger partial charge is 0.496 e. The second kappa shape index (κ2) is 8.06. The molecule has 8 nitrogen and oxygen atoms in total. The Hall–Kier alpha value is -3.17. The van der Waals surface area contributed by atoms with E-state index in [-0.39, 0.29) is 16.9 Å². The van der Waals surface area contributed by atoms with E-state index in [0.29, 0.717) is 39.2 Å². The second-order valence-electron chi connectivity index (χ2n) is 5.84. The Bertz CT molecular complexity index is 1110. The number of hydrogen-bond acceptors (Lipinski definition) is 7. The fourth-order valence-electron chi connectivity index (χ4n) is 2.67. The van der Waals surface area contributed by atoms with E-state index in [1.54, 1.807) is 36.4 Å². The van der Waals surface area contributed by atoms with Crippen molar-refractivity contribution in [1.29, 1.82) is 0 Å². The van der Waals surface area contributed by atoms with Crippen LogP contribution < -0.4 is 14.2 Å². The van der Waals surface area contributed by atoms with Gasteiger partial charge in [-0.15, -0.1) is 5.10 Å². The third-order valence-electron chi connectivity index (χ3n) is 3.99. The minimum absolute atomic E-state index is 0.0486. The molecule has 29 heavy (non-hydrogen) atoms. The number of carbonyl (C=O) groups is 1. The summed E-state index contributed by atoms with van der Waals surface area (Å²) in [4.78, 5) is 16.1. The molecule has 148 valence electrons. The fourth-order valence-corrected chi connectivity index (χ4v) is 3.54. The molecule has 4 rings (SSSR count). The van der Waals surface area contributed by atoms with Crippen molar-refractivity contribution >= 4 is 35.4 Å². The molecule has 0 radical (unpaired) electrons. The van der Waals surface area contributed by atoms with Gasteiger partial charge in [0, 0.05) is 5.02 Å². The van der Waals surface area contributed by atoms with Gasteiger partial charge >= 0.3 is 5.97 Å². The van der Waals surface area contributed by atoms with Crippen LogP contribution in [0.5, 0.6) is 17.2 Å². The number of aromatic nitrogens is 3. The van der Waals surface area contributed by atoms with Gasteiger partial charge in [-0.2, -0.15) is 0 Å². The van der Waals surface area contributed by atoms with E-state index in [4.69, 9.17) is 25.8 Å². The molecule has 0 saturated carbocycles. The van der Waals surface area contributed by atoms with Crippen LogP contribution in [0, 0.1) is 0 Å². The van der Waals surface area contributed by atoms with E-state index in [2.05, 4.69) is 15.2 Å². The maximum atomic E-state index is 11.7. The minimum atomic E-state index is -1.10. The third-order valence-corrected chi connectivity index (χ3v) is 5.10. The Balaban J connectivity index is 1.61. The van der Waals surface area contributed by atoms with Gasteiger partial charge in [0.2, 0.25) is 11.9 Å². The summed E-state index contributed by atoms with van der Waals surface area (Å²) in [6.07, 6.45) is 1.52. The van der Waals surface area contributed by atoms with Crippen LogP contribution in [-0.4, -0.2) is 40.2 Å². The van der Waals surface area contributed by atoms with Gasteiger partial charge in [0.05, 0.1) is 12.7 Å². The van der Waals surface area contributed by atoms with E-state index in [9.17, 15) is 9.90 Å². The number of carboxylic acid groups (broad SMARTS) is 1. The number of fused-ring (bicyclic) bond motifs is 1. The fraction of sp³-hybridized carbons (Fsp3) is 0.105. The number of benzene rings is 2. The lowest BCUT2D eigenvalue weighted by Gasteiger charge is -2.05. The average Bonchev–Trinajstić information content (AvgIpc) is 3.36. The highest BCUT2D eigenvalue weighted by molar-refractivity contribution is 8.04. The molecule has 1 aliphatic rings. The summed E-state index contributed by atoms with van der Waals surface area (Å²) in [6, 6.07) is 10.3. The maximum absolute atomic E-state index is 11.7. The first-order valence-electron chi connectivity index (χ1n) is 8.32. The summed E-state index contributed by atoms with van der Waals surface area (Å²) in [6.45, 7) is 0.149. The van der Waals surface area contributed by atoms with Gasteiger partial charge in [-0.05, 0) is 53.7 Å². The predicted molar refractivity (Wildman–Crippen MR) is 107 cm³/mol. The molecule has 0 spiro atoms. The van der Waals surface area contributed by atoms with Gasteiger partial charge in [-0.3, -0.25) is 5.10 Å². The summed E-state index contributed by atoms with van der Waals surface area (Å²) >= 11 is 6.98. The van der Waals surface area contributed by atoms with Crippen LogP contribution in [-0.2, 0) is 4.79 Å². The van der Waals surface area contributed by atoms with E-state index >= 15 is 0 Å². The molecule has 10 heteroatoms. The number of aromatic amines is 1. The normalized spacial score (nSPS) is 12.8. The van der Waals surface area contributed by atoms with Gasteiger partial charge in [-0.25, -0.2) is 9.78 Å². The maximum Gasteiger partial charge on any atom is 0.342 e. The lowest BCUT2D eigenvalue weighted by atomic mass is 10.2. The van der Waals surface area contributed by atoms with E-state index < -0.39 is 5.97 Å². The van der Waals surface area contributed by atoms with E-state index in [0.717, 1.165) is 11.8 Å². The number of ether oxygens (including phenoxy) is 3. The quantitative estimate of drug-likeness (QED) is 0.444. The molecule has 2 heterocycles. The van der Waals surface area contributed by atoms with Crippen LogP contribution >= 0.6 is 23.4 Å². The first kappa shape index (κ1) is 19.2. The Kier molecular flexibility index (Phi) is 5.32. The summed E-state index contributed by atoms with van der Waals surface area (Å²) < 4.78 is 15.9. The van der Waals surface area contributed by atoms with Crippen molar-refractivity contribution in [3.8, 4) is 28.6 Å². The molecule has 0 aliphatic carbocycles. The number of halogens is 1. The highest BCUT2D eigenvalue weighted by Crippen LogP contribution is 2.35. The van der Waals surface area contributed by atoms with Gasteiger partial charge in [0.15, 0.2) is 17.3 Å². The Morgan fingerprint density at radius 1 is 1.28 bits per heavy atom. The summed E-state index contributed by atoms with van der Waals surface area (Å²) in [5.74, 6) is 1.08. The van der Waals surface area contributed by atoms with Crippen LogP contribution in [0.15, 0.2) is 46.5 Å². The smallest absolute Gasteiger partial charge is 0.342 e. The molecule has 1 aromatic heterocycles. The predicted octanol–water partition coefficient (Wildman–Crippen LogP) is 4.08. The average molecular weight is 432 g/mol. The van der Waals surface area contributed by atoms with Crippen molar-refractivity contribution in [2.75, 3.05) is 13.9 Å². The first-order valence-corrected chi connectivity index (χ1v) is 9.52. The van der Waals surface area contributed by atoms with Crippen molar-refractivity contribution in [2.24, 2.45) is 0 Å². The zero-order valence-electron chi connectivity index (χ0n) is 15.0. The van der Waals surface area contributed by atoms with Gasteiger partial charge in [0.25, 0.3) is 0 Å². The minimum Gasteiger partial charge on any atom is -0.496 e. The first-order chi connectivity index (χ1) is 14.0. The topological polar surface area (TPSA) is 107 Å². The molecule has 0 fully saturated rings. The lowest BCUT2D eigenvalue weighted by molar-refractivity contribution is -0.131. The molecule has 0 unspecified atom stereocenters. The number of hydrogen-bond donors (Lipinski definition) is 2. The van der Waals surface area contributed by atoms with Crippen LogP contribution in [0.1, 0.15) is 5.56 Å². The molecule has 0 saturated heterocycles. The standard InChI is InChI=1S/C19H14ClN3O5S/c1-26-13-5-3-11(20)8-12(13)17-21-19(23-22-17)29-16(18(24)25)7-10-2-4-14-15(6-10)28-9-27-14/h2-8H,9H2,1H3,(H,24,25)(H,21,22,23)/b16-7-. The van der Waals surface area contributed by atoms with Gasteiger partial charge in [0.1, 0.15) is 10.7 Å². The Morgan fingerprint density at radius 3 is 2.90 bits per heavy atom. The van der Waals surface area contributed by atoms with E-state index in [1.807, 2.05) is 0 Å². The highest BCUT2D eigenvalue weighted by Gasteiger charge is 2.18. The highest BCUT2D eigenvalue weighted by atomic mass is 35.5. The molecule has 0 bridgehead atoms. The zero-order chi connectivity index (χ0) is 20.4. The van der Waals surface area contributed by atoms with Crippen LogP contribution in [0.2, 0.25) is 5.02 Å². The van der Waals surface area contributed by atoms with Crippen LogP contribution in [0.4, 0.5) is 0 Å². The molecule has 1 aliphatic heterocycles. The third kappa shape index (κ3) is 4.15. The monoisotopic (exact) mass is 431 g/mol. The molecular weight excluding hydrogens is 418 g/mol. The van der Waals surface area contributed by atoms with Crippen molar-refractivity contribution < 1.29 is 24.1 Å². The van der Waals surface area contributed by atoms with Crippen molar-refractivity contribution in [3.63, 3.8) is 0 Å². The summed E-state index contributed by atoms with van der Waals surface area (Å²) in [5, 5.41) is 17.2. The molecule has 0 amide bonds. The van der Waals surface area contributed by atoms with Crippen molar-refractivity contribution in [1.82, 2.24) is 15.2 Å². The SMILES string of the molecule is COc1ccc(Cl)cc1-c1nc(S/C(=C\c2ccc3c(c2)OCO3)C(=O)O)n[nH]1. The number of rotatable bonds is 6. The summed E-state index contributed by atoms with van der Waals surface area (Å²) in [7, 11) is 1.54. The molecule has 2 N–H and O–H groups in total. The second-order valence-corrected chi connectivity index (χ2v) is 7.29. The molecular formula is C19H14ClN3O5S. The number of H-pyrrole nitrogens is 1. The van der Waals surface area contributed by atoms with Crippen molar-refractivity contribution in [3.05, 3.63) is 51.9 Å². The van der Waals surface area contributed by atoms with E-state index in [1.165, 1.54) is 13.2 Å². The molecule has 0 atom stereocenters. The number of aliphatic carboxylic acids is 1. The van der Waals surface area contributed by atoms with Crippen molar-refractivity contribution in [2.45, 2.75) is 5.16 Å².